The molecule has 2 rings (SSSR count). The van der Waals surface area contributed by atoms with Gasteiger partial charge in [0, 0.05) is 12.6 Å². The van der Waals surface area contributed by atoms with E-state index in [1.54, 1.807) is 0 Å². The first-order valence-electron chi connectivity index (χ1n) is 5.83. The molecule has 0 aromatic heterocycles. The Morgan fingerprint density at radius 1 is 1.41 bits per heavy atom. The third kappa shape index (κ3) is 3.72. The Labute approximate surface area is 108 Å². The summed E-state index contributed by atoms with van der Waals surface area (Å²) in [5, 5.41) is 6.32. The van der Waals surface area contributed by atoms with Gasteiger partial charge in [-0.2, -0.15) is 0 Å². The summed E-state index contributed by atoms with van der Waals surface area (Å²) in [6.45, 7) is 3.85. The maximum absolute atomic E-state index is 12.0. The number of amides is 1. The molecule has 0 saturated carbocycles. The standard InChI is InChI=1S/C13H18N2O.ClH/c1-10(11-5-3-2-4-6-11)13(16)15-12-7-8-14-9-12;/h2-6,10,12,14H,7-9H2,1H3,(H,15,16);1H. The molecule has 1 aromatic rings. The fourth-order valence-corrected chi connectivity index (χ4v) is 2.00. The number of nitrogens with one attached hydrogen (secondary N) is 2. The highest BCUT2D eigenvalue weighted by atomic mass is 35.5. The van der Waals surface area contributed by atoms with Crippen LogP contribution in [0.3, 0.4) is 0 Å². The number of hydrogen-bond donors (Lipinski definition) is 2. The Hall–Kier alpha value is -1.06. The van der Waals surface area contributed by atoms with Crippen LogP contribution in [0.2, 0.25) is 0 Å². The van der Waals surface area contributed by atoms with E-state index in [9.17, 15) is 4.79 Å². The lowest BCUT2D eigenvalue weighted by atomic mass is 10.00. The predicted molar refractivity (Wildman–Crippen MR) is 71.5 cm³/mol. The number of hydrogen-bond acceptors (Lipinski definition) is 2. The molecule has 2 N–H and O–H groups in total. The van der Waals surface area contributed by atoms with E-state index >= 15 is 0 Å². The second-order valence-corrected chi connectivity index (χ2v) is 4.33. The minimum atomic E-state index is -0.0678. The van der Waals surface area contributed by atoms with Crippen molar-refractivity contribution in [1.29, 1.82) is 0 Å². The molecular formula is C13H19ClN2O. The van der Waals surface area contributed by atoms with Crippen molar-refractivity contribution in [2.24, 2.45) is 0 Å². The van der Waals surface area contributed by atoms with Crippen molar-refractivity contribution in [1.82, 2.24) is 10.6 Å². The molecule has 0 aliphatic carbocycles. The lowest BCUT2D eigenvalue weighted by molar-refractivity contribution is -0.122. The average Bonchev–Trinajstić information content (AvgIpc) is 2.82. The maximum atomic E-state index is 12.0. The molecule has 0 radical (unpaired) electrons. The monoisotopic (exact) mass is 254 g/mol. The van der Waals surface area contributed by atoms with Gasteiger partial charge in [0.2, 0.25) is 5.91 Å². The van der Waals surface area contributed by atoms with Crippen molar-refractivity contribution in [3.05, 3.63) is 35.9 Å². The van der Waals surface area contributed by atoms with E-state index in [1.165, 1.54) is 0 Å². The first-order chi connectivity index (χ1) is 7.77. The van der Waals surface area contributed by atoms with E-state index in [0.29, 0.717) is 6.04 Å². The maximum Gasteiger partial charge on any atom is 0.227 e. The Kier molecular flexibility index (Phi) is 5.45. The number of halogens is 1. The molecule has 1 fully saturated rings. The van der Waals surface area contributed by atoms with E-state index in [-0.39, 0.29) is 24.2 Å². The van der Waals surface area contributed by atoms with E-state index < -0.39 is 0 Å². The van der Waals surface area contributed by atoms with Crippen LogP contribution < -0.4 is 10.6 Å². The van der Waals surface area contributed by atoms with Crippen LogP contribution in [0.25, 0.3) is 0 Å². The summed E-state index contributed by atoms with van der Waals surface area (Å²) in [6.07, 6.45) is 1.03. The summed E-state index contributed by atoms with van der Waals surface area (Å²) < 4.78 is 0. The van der Waals surface area contributed by atoms with E-state index in [1.807, 2.05) is 37.3 Å². The van der Waals surface area contributed by atoms with Gasteiger partial charge in [-0.1, -0.05) is 30.3 Å². The SMILES string of the molecule is CC(C(=O)NC1CCNC1)c1ccccc1.Cl. The van der Waals surface area contributed by atoms with Crippen molar-refractivity contribution in [2.45, 2.75) is 25.3 Å². The Balaban J connectivity index is 0.00000144. The van der Waals surface area contributed by atoms with Crippen LogP contribution in [0.4, 0.5) is 0 Å². The van der Waals surface area contributed by atoms with E-state index in [2.05, 4.69) is 10.6 Å². The normalized spacial score (nSPS) is 20.4. The molecule has 1 aliphatic rings. The van der Waals surface area contributed by atoms with Crippen molar-refractivity contribution < 1.29 is 4.79 Å². The van der Waals surface area contributed by atoms with Crippen LogP contribution >= 0.6 is 12.4 Å². The van der Waals surface area contributed by atoms with Gasteiger partial charge in [-0.25, -0.2) is 0 Å². The lowest BCUT2D eigenvalue weighted by Crippen LogP contribution is -2.38. The second kappa shape index (κ2) is 6.62. The van der Waals surface area contributed by atoms with Gasteiger partial charge in [-0.05, 0) is 25.5 Å². The van der Waals surface area contributed by atoms with Gasteiger partial charge >= 0.3 is 0 Å². The highest BCUT2D eigenvalue weighted by Gasteiger charge is 2.20. The van der Waals surface area contributed by atoms with Crippen molar-refractivity contribution in [2.75, 3.05) is 13.1 Å². The Morgan fingerprint density at radius 3 is 2.71 bits per heavy atom. The molecule has 2 atom stereocenters. The zero-order valence-corrected chi connectivity index (χ0v) is 10.8. The Morgan fingerprint density at radius 2 is 2.12 bits per heavy atom. The van der Waals surface area contributed by atoms with Crippen LogP contribution in [0.15, 0.2) is 30.3 Å². The highest BCUT2D eigenvalue weighted by Crippen LogP contribution is 2.15. The van der Waals surface area contributed by atoms with Crippen LogP contribution in [0.1, 0.15) is 24.8 Å². The molecule has 1 saturated heterocycles. The van der Waals surface area contributed by atoms with Crippen molar-refractivity contribution >= 4 is 18.3 Å². The molecule has 0 bridgehead atoms. The molecule has 1 amide bonds. The number of carbonyl (C=O) groups excluding carboxylic acids is 1. The zero-order chi connectivity index (χ0) is 11.4. The molecule has 94 valence electrons. The molecule has 1 heterocycles. The molecule has 17 heavy (non-hydrogen) atoms. The fraction of sp³-hybridized carbons (Fsp3) is 0.462. The van der Waals surface area contributed by atoms with Gasteiger partial charge < -0.3 is 10.6 Å². The smallest absolute Gasteiger partial charge is 0.227 e. The van der Waals surface area contributed by atoms with Gasteiger partial charge in [0.25, 0.3) is 0 Å². The molecule has 2 unspecified atom stereocenters. The molecule has 0 spiro atoms. The molecule has 3 nitrogen and oxygen atoms in total. The Bertz CT molecular complexity index is 350. The highest BCUT2D eigenvalue weighted by molar-refractivity contribution is 5.85. The molecule has 4 heteroatoms. The largest absolute Gasteiger partial charge is 0.352 e. The van der Waals surface area contributed by atoms with Crippen LogP contribution in [-0.4, -0.2) is 25.0 Å². The fourth-order valence-electron chi connectivity index (χ4n) is 2.00. The number of benzene rings is 1. The van der Waals surface area contributed by atoms with Gasteiger partial charge in [0.1, 0.15) is 0 Å². The van der Waals surface area contributed by atoms with Gasteiger partial charge in [-0.3, -0.25) is 4.79 Å². The number of rotatable bonds is 3. The van der Waals surface area contributed by atoms with Crippen LogP contribution in [0.5, 0.6) is 0 Å². The van der Waals surface area contributed by atoms with Gasteiger partial charge in [0.05, 0.1) is 5.92 Å². The summed E-state index contributed by atoms with van der Waals surface area (Å²) in [7, 11) is 0. The van der Waals surface area contributed by atoms with Crippen molar-refractivity contribution in [3.8, 4) is 0 Å². The lowest BCUT2D eigenvalue weighted by Gasteiger charge is -2.16. The molecule has 1 aromatic carbocycles. The average molecular weight is 255 g/mol. The zero-order valence-electron chi connectivity index (χ0n) is 9.98. The van der Waals surface area contributed by atoms with Crippen molar-refractivity contribution in [3.63, 3.8) is 0 Å². The third-order valence-electron chi connectivity index (χ3n) is 3.10. The predicted octanol–water partition coefficient (Wildman–Crippen LogP) is 1.69. The number of carbonyl (C=O) groups is 1. The second-order valence-electron chi connectivity index (χ2n) is 4.33. The minimum Gasteiger partial charge on any atom is -0.352 e. The van der Waals surface area contributed by atoms with Gasteiger partial charge in [-0.15, -0.1) is 12.4 Å². The summed E-state index contributed by atoms with van der Waals surface area (Å²) in [5.74, 6) is 0.0571. The third-order valence-corrected chi connectivity index (χ3v) is 3.10. The summed E-state index contributed by atoms with van der Waals surface area (Å²) in [4.78, 5) is 12.0. The van der Waals surface area contributed by atoms with E-state index in [4.69, 9.17) is 0 Å². The minimum absolute atomic E-state index is 0. The first kappa shape index (κ1) is 14.0. The summed E-state index contributed by atoms with van der Waals surface area (Å²) >= 11 is 0. The molecular weight excluding hydrogens is 236 g/mol. The summed E-state index contributed by atoms with van der Waals surface area (Å²) in [5.41, 5.74) is 1.07. The van der Waals surface area contributed by atoms with Crippen LogP contribution in [-0.2, 0) is 4.79 Å². The van der Waals surface area contributed by atoms with Gasteiger partial charge in [0.15, 0.2) is 0 Å². The summed E-state index contributed by atoms with van der Waals surface area (Å²) in [6, 6.07) is 10.2. The first-order valence-corrected chi connectivity index (χ1v) is 5.83. The quantitative estimate of drug-likeness (QED) is 0.862. The topological polar surface area (TPSA) is 41.1 Å². The van der Waals surface area contributed by atoms with E-state index in [0.717, 1.165) is 25.1 Å². The molecule has 1 aliphatic heterocycles. The van der Waals surface area contributed by atoms with Crippen LogP contribution in [0, 0.1) is 0 Å².